The van der Waals surface area contributed by atoms with Crippen LogP contribution in [0.5, 0.6) is 0 Å². The van der Waals surface area contributed by atoms with E-state index >= 15 is 0 Å². The highest BCUT2D eigenvalue weighted by Crippen LogP contribution is 2.18. The molecule has 1 fully saturated rings. The highest BCUT2D eigenvalue weighted by atomic mass is 16.6. The highest BCUT2D eigenvalue weighted by molar-refractivity contribution is 5.71. The van der Waals surface area contributed by atoms with Crippen LogP contribution in [0.2, 0.25) is 0 Å². The van der Waals surface area contributed by atoms with E-state index in [4.69, 9.17) is 15.6 Å². The molecule has 0 radical (unpaired) electrons. The third-order valence-electron chi connectivity index (χ3n) is 1.83. The molecule has 6 N–H and O–H groups in total. The molecule has 1 heterocycles. The molecule has 0 unspecified atom stereocenters. The molecule has 0 spiro atoms. The molecule has 13 heavy (non-hydrogen) atoms. The van der Waals surface area contributed by atoms with E-state index in [1.54, 1.807) is 0 Å². The number of carbonyl (C=O) groups excluding carboxylic acids is 1. The quantitative estimate of drug-likeness (QED) is 0.321. The first-order valence-electron chi connectivity index (χ1n) is 3.74. The van der Waals surface area contributed by atoms with Crippen LogP contribution in [0, 0.1) is 0 Å². The van der Waals surface area contributed by atoms with Crippen LogP contribution < -0.4 is 11.1 Å². The summed E-state index contributed by atoms with van der Waals surface area (Å²) in [7, 11) is 0. The van der Waals surface area contributed by atoms with Crippen molar-refractivity contribution in [2.75, 3.05) is 6.61 Å². The Kier molecular flexibility index (Phi) is 3.04. The number of rotatable bonds is 2. The van der Waals surface area contributed by atoms with Gasteiger partial charge in [0.2, 0.25) is 0 Å². The number of amides is 2. The van der Waals surface area contributed by atoms with Gasteiger partial charge in [0.25, 0.3) is 0 Å². The molecule has 1 aliphatic rings. The van der Waals surface area contributed by atoms with Crippen molar-refractivity contribution >= 4 is 6.03 Å². The van der Waals surface area contributed by atoms with Crippen molar-refractivity contribution in [1.82, 2.24) is 5.32 Å². The standard InChI is InChI=1S/C6H12N2O5/c7-6(12)8-5-4(11)3(10)2(1-9)13-5/h2-5,9-11H,1H2,(H3,7,8,12)/t2-,3-,4-,5-/m1/s1. The van der Waals surface area contributed by atoms with Crippen LogP contribution in [0.1, 0.15) is 0 Å². The average molecular weight is 192 g/mol. The predicted octanol–water partition coefficient (Wildman–Crippen LogP) is -2.91. The Bertz CT molecular complexity index is 199. The topological polar surface area (TPSA) is 125 Å². The molecule has 1 rings (SSSR count). The summed E-state index contributed by atoms with van der Waals surface area (Å²) in [6.07, 6.45) is -4.46. The van der Waals surface area contributed by atoms with E-state index in [0.717, 1.165) is 0 Å². The van der Waals surface area contributed by atoms with E-state index in [0.29, 0.717) is 0 Å². The molecule has 0 aromatic rings. The minimum Gasteiger partial charge on any atom is -0.394 e. The molecule has 0 bridgehead atoms. The van der Waals surface area contributed by atoms with Crippen molar-refractivity contribution in [3.05, 3.63) is 0 Å². The summed E-state index contributed by atoms with van der Waals surface area (Å²) >= 11 is 0. The molecule has 2 amide bonds. The third kappa shape index (κ3) is 2.07. The molecule has 1 saturated heterocycles. The first-order chi connectivity index (χ1) is 6.06. The number of aliphatic hydroxyl groups is 3. The Balaban J connectivity index is 2.55. The van der Waals surface area contributed by atoms with Gasteiger partial charge in [-0.1, -0.05) is 0 Å². The zero-order valence-electron chi connectivity index (χ0n) is 6.75. The van der Waals surface area contributed by atoms with Crippen molar-refractivity contribution in [3.63, 3.8) is 0 Å². The lowest BCUT2D eigenvalue weighted by molar-refractivity contribution is -0.0281. The Labute approximate surface area is 74.1 Å². The summed E-state index contributed by atoms with van der Waals surface area (Å²) in [5, 5.41) is 29.2. The smallest absolute Gasteiger partial charge is 0.314 e. The van der Waals surface area contributed by atoms with E-state index < -0.39 is 37.2 Å². The number of hydrogen-bond acceptors (Lipinski definition) is 5. The van der Waals surface area contributed by atoms with Crippen LogP contribution in [0.15, 0.2) is 0 Å². The van der Waals surface area contributed by atoms with Crippen molar-refractivity contribution in [3.8, 4) is 0 Å². The molecule has 7 heteroatoms. The number of nitrogens with two attached hydrogens (primary N) is 1. The fourth-order valence-corrected chi connectivity index (χ4v) is 1.16. The number of urea groups is 1. The van der Waals surface area contributed by atoms with Crippen LogP contribution in [0.4, 0.5) is 4.79 Å². The predicted molar refractivity (Wildman–Crippen MR) is 40.5 cm³/mol. The molecule has 0 aromatic carbocycles. The van der Waals surface area contributed by atoms with Gasteiger partial charge in [-0.05, 0) is 0 Å². The monoisotopic (exact) mass is 192 g/mol. The van der Waals surface area contributed by atoms with Gasteiger partial charge in [0.05, 0.1) is 6.61 Å². The summed E-state index contributed by atoms with van der Waals surface area (Å²) in [6, 6.07) is -0.866. The van der Waals surface area contributed by atoms with E-state index in [-0.39, 0.29) is 0 Å². The van der Waals surface area contributed by atoms with Crippen molar-refractivity contribution in [2.45, 2.75) is 24.5 Å². The Morgan fingerprint density at radius 1 is 1.46 bits per heavy atom. The minimum absolute atomic E-state index is 0.435. The number of nitrogens with one attached hydrogen (secondary N) is 1. The van der Waals surface area contributed by atoms with Gasteiger partial charge in [-0.25, -0.2) is 4.79 Å². The second-order valence-corrected chi connectivity index (χ2v) is 2.77. The van der Waals surface area contributed by atoms with Crippen molar-refractivity contribution < 1.29 is 24.9 Å². The first-order valence-corrected chi connectivity index (χ1v) is 3.74. The van der Waals surface area contributed by atoms with Crippen LogP contribution in [0.3, 0.4) is 0 Å². The average Bonchev–Trinajstić information content (AvgIpc) is 2.32. The molecule has 7 nitrogen and oxygen atoms in total. The molecular formula is C6H12N2O5. The maximum Gasteiger partial charge on any atom is 0.314 e. The van der Waals surface area contributed by atoms with Crippen LogP contribution >= 0.6 is 0 Å². The number of aliphatic hydroxyl groups excluding tert-OH is 3. The molecule has 0 aromatic heterocycles. The summed E-state index contributed by atoms with van der Waals surface area (Å²) < 4.78 is 4.88. The van der Waals surface area contributed by atoms with E-state index in [9.17, 15) is 15.0 Å². The van der Waals surface area contributed by atoms with E-state index in [1.165, 1.54) is 0 Å². The second kappa shape index (κ2) is 3.88. The summed E-state index contributed by atoms with van der Waals surface area (Å²) in [5.74, 6) is 0. The molecule has 1 aliphatic heterocycles. The van der Waals surface area contributed by atoms with Gasteiger partial charge in [-0.3, -0.25) is 0 Å². The normalized spacial score (nSPS) is 39.0. The lowest BCUT2D eigenvalue weighted by Crippen LogP contribution is -2.45. The lowest BCUT2D eigenvalue weighted by atomic mass is 10.1. The highest BCUT2D eigenvalue weighted by Gasteiger charge is 2.42. The number of hydrogen-bond donors (Lipinski definition) is 5. The number of primary amides is 1. The zero-order valence-corrected chi connectivity index (χ0v) is 6.75. The summed E-state index contributed by atoms with van der Waals surface area (Å²) in [5.41, 5.74) is 4.78. The van der Waals surface area contributed by atoms with Crippen LogP contribution in [0.25, 0.3) is 0 Å². The van der Waals surface area contributed by atoms with Crippen LogP contribution in [-0.4, -0.2) is 52.5 Å². The first kappa shape index (κ1) is 10.2. The molecule has 76 valence electrons. The van der Waals surface area contributed by atoms with E-state index in [2.05, 4.69) is 5.32 Å². The Hall–Kier alpha value is -0.890. The summed E-state index contributed by atoms with van der Waals surface area (Å²) in [6.45, 7) is -0.435. The molecule has 0 aliphatic carbocycles. The SMILES string of the molecule is NC(=O)N[C@@H]1O[C@H](CO)[C@@H](O)[C@H]1O. The third-order valence-corrected chi connectivity index (χ3v) is 1.83. The van der Waals surface area contributed by atoms with E-state index in [1.807, 2.05) is 0 Å². The minimum atomic E-state index is -1.27. The van der Waals surface area contributed by atoms with Gasteiger partial charge < -0.3 is 31.1 Å². The molecule has 4 atom stereocenters. The maximum absolute atomic E-state index is 10.4. The van der Waals surface area contributed by atoms with Gasteiger partial charge in [-0.2, -0.15) is 0 Å². The Morgan fingerprint density at radius 3 is 2.46 bits per heavy atom. The molecule has 0 saturated carbocycles. The zero-order chi connectivity index (χ0) is 10.0. The van der Waals surface area contributed by atoms with Gasteiger partial charge in [0.15, 0.2) is 6.23 Å². The van der Waals surface area contributed by atoms with Gasteiger partial charge in [0, 0.05) is 0 Å². The second-order valence-electron chi connectivity index (χ2n) is 2.77. The van der Waals surface area contributed by atoms with Crippen LogP contribution in [-0.2, 0) is 4.74 Å². The largest absolute Gasteiger partial charge is 0.394 e. The fourth-order valence-electron chi connectivity index (χ4n) is 1.16. The maximum atomic E-state index is 10.4. The number of ether oxygens (including phenoxy) is 1. The molecular weight excluding hydrogens is 180 g/mol. The summed E-state index contributed by atoms with van der Waals surface area (Å²) in [4.78, 5) is 10.4. The fraction of sp³-hybridized carbons (Fsp3) is 0.833. The van der Waals surface area contributed by atoms with Crippen molar-refractivity contribution in [2.24, 2.45) is 5.73 Å². The van der Waals surface area contributed by atoms with Gasteiger partial charge in [0.1, 0.15) is 18.3 Å². The number of carbonyl (C=O) groups is 1. The van der Waals surface area contributed by atoms with Crippen molar-refractivity contribution in [1.29, 1.82) is 0 Å². The Morgan fingerprint density at radius 2 is 2.08 bits per heavy atom. The van der Waals surface area contributed by atoms with Gasteiger partial charge >= 0.3 is 6.03 Å². The lowest BCUT2D eigenvalue weighted by Gasteiger charge is -2.14. The van der Waals surface area contributed by atoms with Gasteiger partial charge in [-0.15, -0.1) is 0 Å².